The summed E-state index contributed by atoms with van der Waals surface area (Å²) in [6.45, 7) is 8.28. The molecule has 3 nitrogen and oxygen atoms in total. The highest BCUT2D eigenvalue weighted by molar-refractivity contribution is 7.22. The van der Waals surface area contributed by atoms with Crippen molar-refractivity contribution < 1.29 is 0 Å². The molecule has 1 saturated heterocycles. The van der Waals surface area contributed by atoms with Crippen molar-refractivity contribution in [3.8, 4) is 0 Å². The Morgan fingerprint density at radius 1 is 0.958 bits per heavy atom. The van der Waals surface area contributed by atoms with Gasteiger partial charge in [-0.25, -0.2) is 4.98 Å². The number of piperazine rings is 1. The molecule has 5 heteroatoms. The van der Waals surface area contributed by atoms with E-state index in [1.807, 2.05) is 29.5 Å². The topological polar surface area (TPSA) is 19.4 Å². The van der Waals surface area contributed by atoms with Crippen LogP contribution in [-0.4, -0.2) is 31.2 Å². The molecule has 0 unspecified atom stereocenters. The van der Waals surface area contributed by atoms with Gasteiger partial charge in [-0.15, -0.1) is 0 Å². The highest BCUT2D eigenvalue weighted by Crippen LogP contribution is 2.33. The van der Waals surface area contributed by atoms with E-state index in [-0.39, 0.29) is 0 Å². The largest absolute Gasteiger partial charge is 0.368 e. The predicted molar refractivity (Wildman–Crippen MR) is 105 cm³/mol. The molecule has 1 fully saturated rings. The van der Waals surface area contributed by atoms with Crippen molar-refractivity contribution in [2.24, 2.45) is 0 Å². The molecule has 3 aromatic rings. The number of aromatic nitrogens is 1. The summed E-state index contributed by atoms with van der Waals surface area (Å²) in [5.41, 5.74) is 4.94. The lowest BCUT2D eigenvalue weighted by Gasteiger charge is -2.36. The van der Waals surface area contributed by atoms with Crippen LogP contribution in [0.25, 0.3) is 10.2 Å². The van der Waals surface area contributed by atoms with Crippen LogP contribution >= 0.6 is 22.9 Å². The molecule has 0 aliphatic carbocycles. The van der Waals surface area contributed by atoms with Crippen LogP contribution in [0.3, 0.4) is 0 Å². The van der Waals surface area contributed by atoms with Crippen LogP contribution in [0.2, 0.25) is 5.02 Å². The van der Waals surface area contributed by atoms with Crippen LogP contribution in [0.15, 0.2) is 36.4 Å². The van der Waals surface area contributed by atoms with Gasteiger partial charge < -0.3 is 9.80 Å². The van der Waals surface area contributed by atoms with E-state index in [1.54, 1.807) is 0 Å². The zero-order valence-corrected chi connectivity index (χ0v) is 15.5. The number of hydrogen-bond donors (Lipinski definition) is 0. The van der Waals surface area contributed by atoms with Gasteiger partial charge in [-0.05, 0) is 43.2 Å². The van der Waals surface area contributed by atoms with Crippen LogP contribution < -0.4 is 9.80 Å². The first-order valence-corrected chi connectivity index (χ1v) is 9.43. The molecule has 2 heterocycles. The minimum Gasteiger partial charge on any atom is -0.368 e. The lowest BCUT2D eigenvalue weighted by molar-refractivity contribution is 0.652. The first-order valence-electron chi connectivity index (χ1n) is 8.24. The van der Waals surface area contributed by atoms with E-state index in [9.17, 15) is 0 Å². The molecule has 24 heavy (non-hydrogen) atoms. The van der Waals surface area contributed by atoms with Gasteiger partial charge in [0.05, 0.1) is 10.2 Å². The first kappa shape index (κ1) is 15.7. The van der Waals surface area contributed by atoms with Crippen molar-refractivity contribution in [2.45, 2.75) is 13.8 Å². The van der Waals surface area contributed by atoms with Crippen molar-refractivity contribution in [1.29, 1.82) is 0 Å². The van der Waals surface area contributed by atoms with E-state index < -0.39 is 0 Å². The fourth-order valence-corrected chi connectivity index (χ4v) is 4.56. The molecule has 124 valence electrons. The van der Waals surface area contributed by atoms with Gasteiger partial charge in [0.1, 0.15) is 0 Å². The van der Waals surface area contributed by atoms with Gasteiger partial charge in [0.2, 0.25) is 0 Å². The quantitative estimate of drug-likeness (QED) is 0.650. The molecule has 0 amide bonds. The van der Waals surface area contributed by atoms with E-state index in [0.717, 1.165) is 41.8 Å². The molecule has 1 aromatic heterocycles. The van der Waals surface area contributed by atoms with E-state index >= 15 is 0 Å². The zero-order valence-electron chi connectivity index (χ0n) is 13.9. The number of halogens is 1. The summed E-state index contributed by atoms with van der Waals surface area (Å²) in [6, 6.07) is 12.5. The summed E-state index contributed by atoms with van der Waals surface area (Å²) in [7, 11) is 0. The number of rotatable bonds is 2. The fourth-order valence-electron chi connectivity index (χ4n) is 3.21. The summed E-state index contributed by atoms with van der Waals surface area (Å²) in [4.78, 5) is 9.72. The van der Waals surface area contributed by atoms with Gasteiger partial charge in [0.15, 0.2) is 5.13 Å². The van der Waals surface area contributed by atoms with E-state index in [1.165, 1.54) is 21.5 Å². The number of fused-ring (bicyclic) bond motifs is 1. The summed E-state index contributed by atoms with van der Waals surface area (Å²) in [5, 5.41) is 1.94. The van der Waals surface area contributed by atoms with Gasteiger partial charge >= 0.3 is 0 Å². The van der Waals surface area contributed by atoms with Crippen molar-refractivity contribution in [1.82, 2.24) is 4.98 Å². The number of benzene rings is 2. The Morgan fingerprint density at radius 3 is 2.38 bits per heavy atom. The predicted octanol–water partition coefficient (Wildman–Crippen LogP) is 4.89. The SMILES string of the molecule is Cc1ccc(C)c2sc(N3CCN(c4cccc(Cl)c4)CC3)nc12. The molecular weight excluding hydrogens is 338 g/mol. The third-order valence-corrected chi connectivity index (χ3v) is 6.14. The second-order valence-electron chi connectivity index (χ2n) is 6.33. The fraction of sp³-hybridized carbons (Fsp3) is 0.316. The van der Waals surface area contributed by atoms with Crippen LogP contribution in [0.1, 0.15) is 11.1 Å². The Balaban J connectivity index is 1.54. The van der Waals surface area contributed by atoms with Crippen molar-refractivity contribution in [3.05, 3.63) is 52.5 Å². The Morgan fingerprint density at radius 2 is 1.67 bits per heavy atom. The van der Waals surface area contributed by atoms with Crippen LogP contribution in [-0.2, 0) is 0 Å². The highest BCUT2D eigenvalue weighted by atomic mass is 35.5. The maximum absolute atomic E-state index is 6.12. The monoisotopic (exact) mass is 357 g/mol. The normalized spacial score (nSPS) is 15.3. The molecule has 1 aliphatic heterocycles. The average Bonchev–Trinajstić information content (AvgIpc) is 3.05. The molecule has 0 bridgehead atoms. The Kier molecular flexibility index (Phi) is 4.10. The van der Waals surface area contributed by atoms with Crippen LogP contribution in [0.5, 0.6) is 0 Å². The molecule has 0 N–H and O–H groups in total. The van der Waals surface area contributed by atoms with E-state index in [0.29, 0.717) is 0 Å². The minimum atomic E-state index is 0.798. The summed E-state index contributed by atoms with van der Waals surface area (Å²) in [6.07, 6.45) is 0. The molecule has 0 saturated carbocycles. The number of aryl methyl sites for hydroxylation is 2. The third kappa shape index (κ3) is 2.85. The Labute approximate surface area is 151 Å². The van der Waals surface area contributed by atoms with Crippen LogP contribution in [0.4, 0.5) is 10.8 Å². The Hall–Kier alpha value is -1.78. The number of nitrogens with zero attached hydrogens (tertiary/aromatic N) is 3. The summed E-state index contributed by atoms with van der Waals surface area (Å²) < 4.78 is 1.32. The first-order chi connectivity index (χ1) is 11.6. The van der Waals surface area contributed by atoms with Crippen molar-refractivity contribution in [3.63, 3.8) is 0 Å². The second kappa shape index (κ2) is 6.26. The standard InChI is InChI=1S/C19H20ClN3S/c1-13-6-7-14(2)18-17(13)21-19(24-18)23-10-8-22(9-11-23)16-5-3-4-15(20)12-16/h3-7,12H,8-11H2,1-2H3. The summed E-state index contributed by atoms with van der Waals surface area (Å²) >= 11 is 7.94. The van der Waals surface area contributed by atoms with E-state index in [4.69, 9.17) is 16.6 Å². The van der Waals surface area contributed by atoms with Gasteiger partial charge in [-0.2, -0.15) is 0 Å². The Bertz CT molecular complexity index is 842. The van der Waals surface area contributed by atoms with Gasteiger partial charge in [-0.3, -0.25) is 0 Å². The maximum Gasteiger partial charge on any atom is 0.186 e. The molecule has 4 rings (SSSR count). The molecule has 0 radical (unpaired) electrons. The molecule has 0 spiro atoms. The van der Waals surface area contributed by atoms with Gasteiger partial charge in [0.25, 0.3) is 0 Å². The average molecular weight is 358 g/mol. The lowest BCUT2D eigenvalue weighted by atomic mass is 10.1. The number of anilines is 2. The molecule has 1 aliphatic rings. The van der Waals surface area contributed by atoms with Gasteiger partial charge in [-0.1, -0.05) is 41.1 Å². The van der Waals surface area contributed by atoms with Gasteiger partial charge in [0, 0.05) is 36.9 Å². The molecular formula is C19H20ClN3S. The smallest absolute Gasteiger partial charge is 0.186 e. The number of thiazole rings is 1. The highest BCUT2D eigenvalue weighted by Gasteiger charge is 2.21. The summed E-state index contributed by atoms with van der Waals surface area (Å²) in [5.74, 6) is 0. The zero-order chi connectivity index (χ0) is 16.7. The minimum absolute atomic E-state index is 0.798. The molecule has 0 atom stereocenters. The third-order valence-electron chi connectivity index (χ3n) is 4.65. The maximum atomic E-state index is 6.12. The second-order valence-corrected chi connectivity index (χ2v) is 7.74. The number of hydrogen-bond acceptors (Lipinski definition) is 4. The van der Waals surface area contributed by atoms with E-state index in [2.05, 4.69) is 41.8 Å². The molecule has 2 aromatic carbocycles. The van der Waals surface area contributed by atoms with Crippen molar-refractivity contribution in [2.75, 3.05) is 36.0 Å². The lowest BCUT2D eigenvalue weighted by Crippen LogP contribution is -2.46. The van der Waals surface area contributed by atoms with Crippen LogP contribution in [0, 0.1) is 13.8 Å². The van der Waals surface area contributed by atoms with Crippen molar-refractivity contribution >= 4 is 44.0 Å².